The van der Waals surface area contributed by atoms with E-state index in [-0.39, 0.29) is 34.4 Å². The molecule has 206 valence electrons. The summed E-state index contributed by atoms with van der Waals surface area (Å²) in [6.45, 7) is -0.885. The Morgan fingerprint density at radius 2 is 1.68 bits per heavy atom. The van der Waals surface area contributed by atoms with Gasteiger partial charge in [0.15, 0.2) is 23.1 Å². The van der Waals surface area contributed by atoms with E-state index in [1.165, 1.54) is 12.1 Å². The number of hydrogen-bond acceptors (Lipinski definition) is 7. The smallest absolute Gasteiger partial charge is 0.258 e. The number of carbonyl (C=O) groups is 2. The highest BCUT2D eigenvalue weighted by Gasteiger charge is 2.55. The van der Waals surface area contributed by atoms with Crippen molar-refractivity contribution in [3.8, 4) is 11.5 Å². The van der Waals surface area contributed by atoms with E-state index in [4.69, 9.17) is 21.1 Å². The van der Waals surface area contributed by atoms with Gasteiger partial charge in [-0.2, -0.15) is 0 Å². The molecule has 38 heavy (non-hydrogen) atoms. The molecular formula is C25H27ClF2N2O7S. The number of aliphatic hydroxyl groups is 1. The highest BCUT2D eigenvalue weighted by molar-refractivity contribution is 7.90. The number of ether oxygens (including phenoxy) is 2. The van der Waals surface area contributed by atoms with Gasteiger partial charge in [-0.15, -0.1) is 0 Å². The van der Waals surface area contributed by atoms with E-state index in [0.717, 1.165) is 30.5 Å². The van der Waals surface area contributed by atoms with Gasteiger partial charge in [-0.1, -0.05) is 11.6 Å². The lowest BCUT2D eigenvalue weighted by molar-refractivity contribution is -0.137. The van der Waals surface area contributed by atoms with Gasteiger partial charge < -0.3 is 25.2 Å². The number of fused-ring (bicyclic) bond motifs is 3. The van der Waals surface area contributed by atoms with Crippen LogP contribution in [0, 0.1) is 11.6 Å². The Hall–Kier alpha value is -2.96. The minimum absolute atomic E-state index is 0.0653. The number of aliphatic hydroxyl groups excluding tert-OH is 1. The molecule has 3 saturated carbocycles. The second kappa shape index (κ2) is 10.7. The number of sulfone groups is 1. The van der Waals surface area contributed by atoms with E-state index >= 15 is 0 Å². The lowest BCUT2D eigenvalue weighted by Crippen LogP contribution is -2.70. The van der Waals surface area contributed by atoms with Gasteiger partial charge in [-0.3, -0.25) is 9.59 Å². The third-order valence-electron chi connectivity index (χ3n) is 7.04. The molecule has 1 atom stereocenters. The number of nitrogens with one attached hydrogen (secondary N) is 2. The summed E-state index contributed by atoms with van der Waals surface area (Å²) in [7, 11) is -3.78. The summed E-state index contributed by atoms with van der Waals surface area (Å²) in [5.74, 6) is -2.43. The SMILES string of the molecule is CS(=O)(=O)c1cc(F)ccc1OCC(=O)NC12CCC(NC(=O)COc3ccc(Cl)c(F)c3)(CC1)[C@@H](O)C2. The average molecular weight is 573 g/mol. The molecule has 3 aliphatic carbocycles. The predicted molar refractivity (Wildman–Crippen MR) is 133 cm³/mol. The van der Waals surface area contributed by atoms with Crippen LogP contribution in [0.15, 0.2) is 41.3 Å². The molecule has 0 unspecified atom stereocenters. The third kappa shape index (κ3) is 6.19. The van der Waals surface area contributed by atoms with Crippen LogP contribution < -0.4 is 20.1 Å². The maximum atomic E-state index is 13.6. The van der Waals surface area contributed by atoms with Crippen LogP contribution in [-0.4, -0.2) is 62.0 Å². The standard InChI is InChI=1S/C25H27ClF2N2O7S/c1-38(34,35)20-10-15(27)2-5-19(20)37-14-22(32)29-24-6-8-25(9-7-24,21(31)12-24)30-23(33)13-36-16-3-4-17(26)18(28)11-16/h2-5,10-11,21,31H,6-9,12-14H2,1H3,(H,29,32)(H,30,33)/t21-,24?,25?/m0/s1. The van der Waals surface area contributed by atoms with Crippen LogP contribution in [0.1, 0.15) is 32.1 Å². The summed E-state index contributed by atoms with van der Waals surface area (Å²) in [6, 6.07) is 6.83. The van der Waals surface area contributed by atoms with Crippen LogP contribution in [-0.2, 0) is 19.4 Å². The van der Waals surface area contributed by atoms with E-state index in [0.29, 0.717) is 25.7 Å². The van der Waals surface area contributed by atoms with Crippen molar-refractivity contribution in [3.63, 3.8) is 0 Å². The molecule has 2 aromatic carbocycles. The topological polar surface area (TPSA) is 131 Å². The van der Waals surface area contributed by atoms with Crippen molar-refractivity contribution in [3.05, 3.63) is 53.1 Å². The number of rotatable bonds is 9. The van der Waals surface area contributed by atoms with Crippen LogP contribution >= 0.6 is 11.6 Å². The number of hydrogen-bond donors (Lipinski definition) is 3. The fraction of sp³-hybridized carbons (Fsp3) is 0.440. The average Bonchev–Trinajstić information content (AvgIpc) is 2.84. The Morgan fingerprint density at radius 1 is 1.03 bits per heavy atom. The monoisotopic (exact) mass is 572 g/mol. The lowest BCUT2D eigenvalue weighted by Gasteiger charge is -2.56. The van der Waals surface area contributed by atoms with E-state index in [1.807, 2.05) is 0 Å². The molecule has 3 aliphatic rings. The lowest BCUT2D eigenvalue weighted by atomic mass is 9.60. The van der Waals surface area contributed by atoms with Crippen molar-refractivity contribution in [2.75, 3.05) is 19.5 Å². The minimum atomic E-state index is -3.78. The van der Waals surface area contributed by atoms with Crippen molar-refractivity contribution in [1.29, 1.82) is 0 Å². The van der Waals surface area contributed by atoms with Gasteiger partial charge in [-0.05, 0) is 62.4 Å². The zero-order valence-electron chi connectivity index (χ0n) is 20.4. The molecule has 0 heterocycles. The quantitative estimate of drug-likeness (QED) is 0.421. The zero-order chi connectivity index (χ0) is 27.7. The molecule has 2 aromatic rings. The Morgan fingerprint density at radius 3 is 2.32 bits per heavy atom. The van der Waals surface area contributed by atoms with Gasteiger partial charge in [-0.25, -0.2) is 17.2 Å². The van der Waals surface area contributed by atoms with Crippen molar-refractivity contribution in [2.45, 2.75) is 54.2 Å². The van der Waals surface area contributed by atoms with Crippen LogP contribution in [0.25, 0.3) is 0 Å². The summed E-state index contributed by atoms with van der Waals surface area (Å²) in [4.78, 5) is 24.8. The number of benzene rings is 2. The van der Waals surface area contributed by atoms with Crippen LogP contribution in [0.3, 0.4) is 0 Å². The molecule has 2 amide bonds. The number of amides is 2. The molecule has 0 radical (unpaired) electrons. The Balaban J connectivity index is 1.31. The Bertz CT molecular complexity index is 1350. The third-order valence-corrected chi connectivity index (χ3v) is 8.46. The van der Waals surface area contributed by atoms with Crippen LogP contribution in [0.4, 0.5) is 8.78 Å². The predicted octanol–water partition coefficient (Wildman–Crippen LogP) is 2.53. The fourth-order valence-electron chi connectivity index (χ4n) is 5.06. The molecule has 0 spiro atoms. The maximum absolute atomic E-state index is 13.6. The Labute approximate surface area is 223 Å². The maximum Gasteiger partial charge on any atom is 0.258 e. The summed E-state index contributed by atoms with van der Waals surface area (Å²) >= 11 is 5.64. The van der Waals surface area contributed by atoms with Gasteiger partial charge >= 0.3 is 0 Å². The molecule has 0 saturated heterocycles. The highest BCUT2D eigenvalue weighted by Crippen LogP contribution is 2.47. The summed E-state index contributed by atoms with van der Waals surface area (Å²) < 4.78 is 61.6. The second-order valence-corrected chi connectivity index (χ2v) is 12.2. The van der Waals surface area contributed by atoms with Gasteiger partial charge in [0.1, 0.15) is 28.0 Å². The molecule has 0 aliphatic heterocycles. The van der Waals surface area contributed by atoms with Crippen molar-refractivity contribution < 1.29 is 41.4 Å². The normalized spacial score (nSPS) is 24.5. The van der Waals surface area contributed by atoms with E-state index in [2.05, 4.69) is 10.6 Å². The van der Waals surface area contributed by atoms with Gasteiger partial charge in [0.25, 0.3) is 11.8 Å². The first-order chi connectivity index (χ1) is 17.8. The van der Waals surface area contributed by atoms with Gasteiger partial charge in [0, 0.05) is 17.9 Å². The van der Waals surface area contributed by atoms with E-state index in [9.17, 15) is 31.9 Å². The van der Waals surface area contributed by atoms with E-state index < -0.39 is 57.1 Å². The summed E-state index contributed by atoms with van der Waals surface area (Å²) in [5, 5.41) is 16.6. The zero-order valence-corrected chi connectivity index (χ0v) is 22.0. The first-order valence-corrected chi connectivity index (χ1v) is 14.1. The summed E-state index contributed by atoms with van der Waals surface area (Å²) in [5.41, 5.74) is -1.60. The minimum Gasteiger partial charge on any atom is -0.484 e. The van der Waals surface area contributed by atoms with Crippen LogP contribution in [0.2, 0.25) is 5.02 Å². The fourth-order valence-corrected chi connectivity index (χ4v) is 5.99. The van der Waals surface area contributed by atoms with Crippen molar-refractivity contribution >= 4 is 33.3 Å². The van der Waals surface area contributed by atoms with E-state index in [1.54, 1.807) is 0 Å². The molecule has 13 heteroatoms. The highest BCUT2D eigenvalue weighted by atomic mass is 35.5. The summed E-state index contributed by atoms with van der Waals surface area (Å²) in [6.07, 6.45) is 1.90. The number of carbonyl (C=O) groups excluding carboxylic acids is 2. The van der Waals surface area contributed by atoms with Gasteiger partial charge in [0.2, 0.25) is 0 Å². The largest absolute Gasteiger partial charge is 0.484 e. The molecule has 9 nitrogen and oxygen atoms in total. The number of halogens is 3. The van der Waals surface area contributed by atoms with Crippen molar-refractivity contribution in [2.24, 2.45) is 0 Å². The molecule has 5 rings (SSSR count). The van der Waals surface area contributed by atoms with Crippen LogP contribution in [0.5, 0.6) is 11.5 Å². The first-order valence-electron chi connectivity index (χ1n) is 11.8. The molecule has 2 bridgehead atoms. The Kier molecular flexibility index (Phi) is 7.87. The molecule has 3 N–H and O–H groups in total. The van der Waals surface area contributed by atoms with Gasteiger partial charge in [0.05, 0.1) is 16.7 Å². The first kappa shape index (κ1) is 28.1. The molecule has 0 aromatic heterocycles. The molecule has 3 fully saturated rings. The second-order valence-electron chi connectivity index (χ2n) is 9.77. The van der Waals surface area contributed by atoms with Crippen molar-refractivity contribution in [1.82, 2.24) is 10.6 Å². The molecular weight excluding hydrogens is 546 g/mol.